The highest BCUT2D eigenvalue weighted by Gasteiger charge is 2.10. The van der Waals surface area contributed by atoms with Crippen molar-refractivity contribution in [3.05, 3.63) is 35.5 Å². The maximum absolute atomic E-state index is 6.09. The molecule has 0 bridgehead atoms. The van der Waals surface area contributed by atoms with Gasteiger partial charge >= 0.3 is 0 Å². The third-order valence-corrected chi connectivity index (χ3v) is 2.82. The second kappa shape index (κ2) is 5.67. The van der Waals surface area contributed by atoms with Gasteiger partial charge in [0.15, 0.2) is 0 Å². The summed E-state index contributed by atoms with van der Waals surface area (Å²) in [6, 6.07) is 6.85. The molecule has 3 N–H and O–H groups in total. The van der Waals surface area contributed by atoms with E-state index in [9.17, 15) is 0 Å². The Hall–Kier alpha value is -2.14. The quantitative estimate of drug-likeness (QED) is 0.900. The topological polar surface area (TPSA) is 69.4 Å². The van der Waals surface area contributed by atoms with Crippen LogP contribution in [0.1, 0.15) is 0 Å². The molecule has 0 saturated heterocycles. The van der Waals surface area contributed by atoms with Crippen LogP contribution in [0, 0.1) is 0 Å². The lowest BCUT2D eigenvalue weighted by Crippen LogP contribution is -1.98. The van der Waals surface area contributed by atoms with E-state index in [0.29, 0.717) is 33.7 Å². The fourth-order valence-electron chi connectivity index (χ4n) is 1.61. The van der Waals surface area contributed by atoms with E-state index in [1.165, 1.54) is 0 Å². The van der Waals surface area contributed by atoms with Gasteiger partial charge in [-0.1, -0.05) is 11.6 Å². The van der Waals surface area contributed by atoms with Gasteiger partial charge in [-0.3, -0.25) is 0 Å². The fraction of sp³-hybridized carbons (Fsp3) is 0.154. The number of halogens is 1. The summed E-state index contributed by atoms with van der Waals surface area (Å²) in [6.07, 6.45) is 1.62. The molecule has 0 unspecified atom stereocenters. The number of benzene rings is 1. The first kappa shape index (κ1) is 13.3. The van der Waals surface area contributed by atoms with Gasteiger partial charge in [-0.25, -0.2) is 4.98 Å². The first-order valence-electron chi connectivity index (χ1n) is 5.54. The number of pyridine rings is 1. The lowest BCUT2D eigenvalue weighted by molar-refractivity contribution is 0.396. The number of nitrogen functional groups attached to an aromatic ring is 1. The summed E-state index contributed by atoms with van der Waals surface area (Å²) in [6.45, 7) is 0. The maximum Gasteiger partial charge on any atom is 0.146 e. The number of aromatic nitrogens is 1. The first-order chi connectivity index (χ1) is 9.13. The van der Waals surface area contributed by atoms with E-state index in [4.69, 9.17) is 26.8 Å². The summed E-state index contributed by atoms with van der Waals surface area (Å²) in [4.78, 5) is 4.16. The molecule has 1 heterocycles. The van der Waals surface area contributed by atoms with Crippen molar-refractivity contribution in [3.63, 3.8) is 0 Å². The predicted octanol–water partition coefficient (Wildman–Crippen LogP) is 3.08. The Morgan fingerprint density at radius 1 is 1.16 bits per heavy atom. The Morgan fingerprint density at radius 3 is 2.53 bits per heavy atom. The molecule has 0 saturated carbocycles. The highest BCUT2D eigenvalue weighted by atomic mass is 35.5. The van der Waals surface area contributed by atoms with Gasteiger partial charge < -0.3 is 20.5 Å². The fourth-order valence-corrected chi connectivity index (χ4v) is 1.85. The minimum absolute atomic E-state index is 0.481. The largest absolute Gasteiger partial charge is 0.495 e. The molecule has 0 aliphatic carbocycles. The van der Waals surface area contributed by atoms with E-state index in [0.717, 1.165) is 0 Å². The highest BCUT2D eigenvalue weighted by Crippen LogP contribution is 2.37. The molecular weight excluding hydrogens is 266 g/mol. The molecular formula is C13H14ClN3O2. The zero-order valence-electron chi connectivity index (χ0n) is 10.6. The number of nitrogens with one attached hydrogen (secondary N) is 1. The summed E-state index contributed by atoms with van der Waals surface area (Å²) >= 11 is 6.09. The van der Waals surface area contributed by atoms with Gasteiger partial charge in [0.1, 0.15) is 17.3 Å². The Kier molecular flexibility index (Phi) is 3.97. The Labute approximate surface area is 116 Å². The van der Waals surface area contributed by atoms with E-state index >= 15 is 0 Å². The minimum atomic E-state index is 0.481. The Morgan fingerprint density at radius 2 is 1.89 bits per heavy atom. The molecule has 0 spiro atoms. The van der Waals surface area contributed by atoms with Crippen molar-refractivity contribution in [2.45, 2.75) is 0 Å². The molecule has 5 nitrogen and oxygen atoms in total. The molecule has 0 fully saturated rings. The molecule has 1 aromatic heterocycles. The van der Waals surface area contributed by atoms with Gasteiger partial charge in [0.05, 0.1) is 24.9 Å². The van der Waals surface area contributed by atoms with Crippen molar-refractivity contribution in [3.8, 4) is 11.5 Å². The van der Waals surface area contributed by atoms with Crippen LogP contribution in [0.15, 0.2) is 30.5 Å². The molecule has 0 atom stereocenters. The molecule has 2 rings (SSSR count). The van der Waals surface area contributed by atoms with Gasteiger partial charge in [0, 0.05) is 24.0 Å². The zero-order valence-corrected chi connectivity index (χ0v) is 11.4. The van der Waals surface area contributed by atoms with Crippen LogP contribution in [0.5, 0.6) is 11.5 Å². The average Bonchev–Trinajstić information content (AvgIpc) is 2.39. The third-order valence-electron chi connectivity index (χ3n) is 2.52. The van der Waals surface area contributed by atoms with Gasteiger partial charge in [-0.05, 0) is 12.1 Å². The summed E-state index contributed by atoms with van der Waals surface area (Å²) in [5.74, 6) is 1.76. The van der Waals surface area contributed by atoms with Gasteiger partial charge in [-0.15, -0.1) is 0 Å². The number of nitrogens with zero attached hydrogens (tertiary/aromatic N) is 1. The summed E-state index contributed by atoms with van der Waals surface area (Å²) in [7, 11) is 3.12. The SMILES string of the molecule is COc1cc(OC)c(Nc2cc(N)ccn2)cc1Cl. The molecule has 0 aliphatic rings. The second-order valence-electron chi connectivity index (χ2n) is 3.79. The normalized spacial score (nSPS) is 10.1. The molecule has 19 heavy (non-hydrogen) atoms. The molecule has 100 valence electrons. The monoisotopic (exact) mass is 279 g/mol. The predicted molar refractivity (Wildman–Crippen MR) is 76.5 cm³/mol. The lowest BCUT2D eigenvalue weighted by Gasteiger charge is -2.13. The van der Waals surface area contributed by atoms with Crippen LogP contribution in [0.4, 0.5) is 17.2 Å². The lowest BCUT2D eigenvalue weighted by atomic mass is 10.2. The van der Waals surface area contributed by atoms with Gasteiger partial charge in [-0.2, -0.15) is 0 Å². The smallest absolute Gasteiger partial charge is 0.146 e. The average molecular weight is 280 g/mol. The summed E-state index contributed by atoms with van der Waals surface area (Å²) < 4.78 is 10.4. The van der Waals surface area contributed by atoms with Crippen LogP contribution in [0.3, 0.4) is 0 Å². The Bertz CT molecular complexity index is 590. The number of methoxy groups -OCH3 is 2. The maximum atomic E-state index is 6.09. The van der Waals surface area contributed by atoms with E-state index in [2.05, 4.69) is 10.3 Å². The molecule has 0 radical (unpaired) electrons. The first-order valence-corrected chi connectivity index (χ1v) is 5.92. The van der Waals surface area contributed by atoms with Gasteiger partial charge in [0.25, 0.3) is 0 Å². The van der Waals surface area contributed by atoms with Crippen molar-refractivity contribution < 1.29 is 9.47 Å². The van der Waals surface area contributed by atoms with Crippen molar-refractivity contribution in [2.24, 2.45) is 0 Å². The minimum Gasteiger partial charge on any atom is -0.495 e. The molecule has 1 aromatic carbocycles. The molecule has 2 aromatic rings. The zero-order chi connectivity index (χ0) is 13.8. The number of hydrogen-bond donors (Lipinski definition) is 2. The van der Waals surface area contributed by atoms with E-state index < -0.39 is 0 Å². The summed E-state index contributed by atoms with van der Waals surface area (Å²) in [5, 5.41) is 3.58. The van der Waals surface area contributed by atoms with Crippen LogP contribution in [-0.4, -0.2) is 19.2 Å². The molecule has 0 amide bonds. The van der Waals surface area contributed by atoms with Crippen molar-refractivity contribution >= 4 is 28.8 Å². The Balaban J connectivity index is 2.36. The van der Waals surface area contributed by atoms with Crippen molar-refractivity contribution in [2.75, 3.05) is 25.3 Å². The van der Waals surface area contributed by atoms with Crippen LogP contribution < -0.4 is 20.5 Å². The second-order valence-corrected chi connectivity index (χ2v) is 4.19. The number of nitrogens with two attached hydrogens (primary N) is 1. The van der Waals surface area contributed by atoms with Crippen molar-refractivity contribution in [1.29, 1.82) is 0 Å². The number of hydrogen-bond acceptors (Lipinski definition) is 5. The van der Waals surface area contributed by atoms with Crippen LogP contribution >= 0.6 is 11.6 Å². The van der Waals surface area contributed by atoms with E-state index in [1.54, 1.807) is 44.7 Å². The van der Waals surface area contributed by atoms with Crippen LogP contribution in [0.25, 0.3) is 0 Å². The molecule has 6 heteroatoms. The van der Waals surface area contributed by atoms with E-state index in [-0.39, 0.29) is 0 Å². The van der Waals surface area contributed by atoms with E-state index in [1.807, 2.05) is 0 Å². The highest BCUT2D eigenvalue weighted by molar-refractivity contribution is 6.32. The number of anilines is 3. The van der Waals surface area contributed by atoms with Crippen LogP contribution in [0.2, 0.25) is 5.02 Å². The van der Waals surface area contributed by atoms with Crippen molar-refractivity contribution in [1.82, 2.24) is 4.98 Å². The number of rotatable bonds is 4. The number of ether oxygens (including phenoxy) is 2. The molecule has 0 aliphatic heterocycles. The van der Waals surface area contributed by atoms with Gasteiger partial charge in [0.2, 0.25) is 0 Å². The third kappa shape index (κ3) is 3.00. The summed E-state index contributed by atoms with van der Waals surface area (Å²) in [5.41, 5.74) is 7.01. The standard InChI is InChI=1S/C13H14ClN3O2/c1-18-11-7-12(19-2)10(6-9(11)14)17-13-5-8(15)3-4-16-13/h3-7H,1-2H3,(H3,15,16,17). The van der Waals surface area contributed by atoms with Crippen LogP contribution in [-0.2, 0) is 0 Å².